The zero-order valence-corrected chi connectivity index (χ0v) is 15.5. The van der Waals surface area contributed by atoms with Crippen LogP contribution in [0.3, 0.4) is 0 Å². The average molecular weight is 384 g/mol. The van der Waals surface area contributed by atoms with Crippen molar-refractivity contribution >= 4 is 28.7 Å². The maximum absolute atomic E-state index is 12.4. The van der Waals surface area contributed by atoms with Crippen LogP contribution in [0.15, 0.2) is 40.2 Å². The molecule has 0 aliphatic rings. The molecule has 3 aromatic rings. The first-order valence-corrected chi connectivity index (χ1v) is 8.60. The van der Waals surface area contributed by atoms with Crippen LogP contribution in [-0.4, -0.2) is 30.5 Å². The second-order valence-corrected chi connectivity index (χ2v) is 6.38. The Hall–Kier alpha value is -3.69. The lowest BCUT2D eigenvalue weighted by atomic mass is 10.1. The molecule has 146 valence electrons. The van der Waals surface area contributed by atoms with Crippen LogP contribution in [0.5, 0.6) is 0 Å². The summed E-state index contributed by atoms with van der Waals surface area (Å²) in [5.74, 6) is -0.902. The van der Waals surface area contributed by atoms with Crippen molar-refractivity contribution in [3.8, 4) is 0 Å². The molecule has 0 unspecified atom stereocenters. The van der Waals surface area contributed by atoms with Gasteiger partial charge in [-0.1, -0.05) is 12.1 Å². The van der Waals surface area contributed by atoms with Crippen molar-refractivity contribution < 1.29 is 9.59 Å². The molecular weight excluding hydrogens is 364 g/mol. The van der Waals surface area contributed by atoms with Crippen LogP contribution >= 0.6 is 0 Å². The topological polar surface area (TPSA) is 134 Å². The maximum atomic E-state index is 12.4. The first-order valence-electron chi connectivity index (χ1n) is 8.60. The third-order valence-corrected chi connectivity index (χ3v) is 4.49. The summed E-state index contributed by atoms with van der Waals surface area (Å²) < 4.78 is 3.95. The number of aryl methyl sites for hydroxylation is 2. The summed E-state index contributed by atoms with van der Waals surface area (Å²) in [5.41, 5.74) is 5.62. The number of anilines is 1. The standard InChI is InChI=1S/C18H20N6O4/c1-22-16-14(17(27)23(2)18(22)28)24(10-20-16)9-5-8-13(25)21-12-7-4-3-6-11(12)15(19)26/h3-4,6-7,10H,5,8-9H2,1-2H3,(H2,19,26)(H,21,25). The second kappa shape index (κ2) is 7.51. The smallest absolute Gasteiger partial charge is 0.332 e. The number of nitrogens with zero attached hydrogens (tertiary/aromatic N) is 4. The highest BCUT2D eigenvalue weighted by Crippen LogP contribution is 2.15. The third kappa shape index (κ3) is 3.43. The molecule has 0 fully saturated rings. The number of aromatic nitrogens is 4. The van der Waals surface area contributed by atoms with E-state index in [1.165, 1.54) is 24.0 Å². The van der Waals surface area contributed by atoms with E-state index in [0.29, 0.717) is 29.8 Å². The van der Waals surface area contributed by atoms with Gasteiger partial charge in [-0.15, -0.1) is 0 Å². The van der Waals surface area contributed by atoms with Crippen LogP contribution in [0.4, 0.5) is 5.69 Å². The van der Waals surface area contributed by atoms with Gasteiger partial charge in [-0.05, 0) is 18.6 Å². The molecule has 2 amide bonds. The van der Waals surface area contributed by atoms with Gasteiger partial charge in [0, 0.05) is 27.1 Å². The molecule has 0 atom stereocenters. The van der Waals surface area contributed by atoms with Gasteiger partial charge in [0.15, 0.2) is 11.2 Å². The molecule has 3 rings (SSSR count). The van der Waals surface area contributed by atoms with Gasteiger partial charge < -0.3 is 15.6 Å². The molecule has 3 N–H and O–H groups in total. The minimum absolute atomic E-state index is 0.166. The molecule has 1 aromatic carbocycles. The number of rotatable bonds is 6. The number of benzene rings is 1. The molecule has 28 heavy (non-hydrogen) atoms. The van der Waals surface area contributed by atoms with Crippen molar-refractivity contribution in [3.63, 3.8) is 0 Å². The predicted molar refractivity (Wildman–Crippen MR) is 103 cm³/mol. The van der Waals surface area contributed by atoms with E-state index in [1.807, 2.05) is 0 Å². The van der Waals surface area contributed by atoms with Gasteiger partial charge in [-0.2, -0.15) is 0 Å². The fourth-order valence-corrected chi connectivity index (χ4v) is 3.00. The van der Waals surface area contributed by atoms with Gasteiger partial charge in [-0.3, -0.25) is 23.5 Å². The first kappa shape index (κ1) is 19.1. The lowest BCUT2D eigenvalue weighted by Gasteiger charge is -2.09. The number of nitrogens with one attached hydrogen (secondary N) is 1. The van der Waals surface area contributed by atoms with Crippen molar-refractivity contribution in [2.75, 3.05) is 5.32 Å². The van der Waals surface area contributed by atoms with E-state index < -0.39 is 17.2 Å². The lowest BCUT2D eigenvalue weighted by molar-refractivity contribution is -0.116. The summed E-state index contributed by atoms with van der Waals surface area (Å²) in [6, 6.07) is 6.49. The molecule has 2 aromatic heterocycles. The van der Waals surface area contributed by atoms with Crippen molar-refractivity contribution in [2.45, 2.75) is 19.4 Å². The van der Waals surface area contributed by atoms with Crippen molar-refractivity contribution in [3.05, 3.63) is 57.0 Å². The van der Waals surface area contributed by atoms with Crippen LogP contribution in [-0.2, 0) is 25.4 Å². The minimum atomic E-state index is -0.623. The molecule has 0 spiro atoms. The highest BCUT2D eigenvalue weighted by atomic mass is 16.2. The number of fused-ring (bicyclic) bond motifs is 1. The Labute approximate surface area is 159 Å². The number of primary amides is 1. The molecule has 0 bridgehead atoms. The van der Waals surface area contributed by atoms with Gasteiger partial charge in [0.1, 0.15) is 0 Å². The number of hydrogen-bond donors (Lipinski definition) is 2. The predicted octanol–water partition coefficient (Wildman–Crippen LogP) is -0.0485. The normalized spacial score (nSPS) is 10.9. The molecule has 0 aliphatic heterocycles. The van der Waals surface area contributed by atoms with E-state index in [0.717, 1.165) is 4.57 Å². The number of carbonyl (C=O) groups is 2. The van der Waals surface area contributed by atoms with Crippen molar-refractivity contribution in [1.29, 1.82) is 0 Å². The maximum Gasteiger partial charge on any atom is 0.332 e. The molecule has 0 saturated carbocycles. The minimum Gasteiger partial charge on any atom is -0.366 e. The molecule has 0 saturated heterocycles. The largest absolute Gasteiger partial charge is 0.366 e. The van der Waals surface area contributed by atoms with Crippen molar-refractivity contribution in [1.82, 2.24) is 18.7 Å². The second-order valence-electron chi connectivity index (χ2n) is 6.38. The SMILES string of the molecule is Cn1c(=O)c2c(ncn2CCCC(=O)Nc2ccccc2C(N)=O)n(C)c1=O. The molecule has 10 nitrogen and oxygen atoms in total. The third-order valence-electron chi connectivity index (χ3n) is 4.49. The van der Waals surface area contributed by atoms with E-state index in [9.17, 15) is 19.2 Å². The number of carbonyl (C=O) groups excluding carboxylic acids is 2. The Morgan fingerprint density at radius 3 is 2.57 bits per heavy atom. The van der Waals surface area contributed by atoms with Crippen LogP contribution in [0.25, 0.3) is 11.2 Å². The monoisotopic (exact) mass is 384 g/mol. The molecule has 0 radical (unpaired) electrons. The summed E-state index contributed by atoms with van der Waals surface area (Å²) >= 11 is 0. The van der Waals surface area contributed by atoms with Gasteiger partial charge in [0.25, 0.3) is 11.5 Å². The van der Waals surface area contributed by atoms with Crippen molar-refractivity contribution in [2.24, 2.45) is 19.8 Å². The van der Waals surface area contributed by atoms with Gasteiger partial charge in [0.2, 0.25) is 5.91 Å². The fourth-order valence-electron chi connectivity index (χ4n) is 3.00. The number of imidazole rings is 1. The Kier molecular flexibility index (Phi) is 5.12. The Bertz CT molecular complexity index is 1190. The lowest BCUT2D eigenvalue weighted by Crippen LogP contribution is -2.37. The first-order chi connectivity index (χ1) is 13.3. The highest BCUT2D eigenvalue weighted by molar-refractivity contribution is 6.02. The number of hydrogen-bond acceptors (Lipinski definition) is 5. The number of amides is 2. The molecular formula is C18H20N6O4. The number of nitrogens with two attached hydrogens (primary N) is 1. The fraction of sp³-hybridized carbons (Fsp3) is 0.278. The Morgan fingerprint density at radius 2 is 1.86 bits per heavy atom. The zero-order chi connectivity index (χ0) is 20.4. The van der Waals surface area contributed by atoms with Crippen LogP contribution < -0.4 is 22.3 Å². The van der Waals surface area contributed by atoms with E-state index in [-0.39, 0.29) is 17.9 Å². The summed E-state index contributed by atoms with van der Waals surface area (Å²) in [7, 11) is 2.95. The van der Waals surface area contributed by atoms with Gasteiger partial charge in [-0.25, -0.2) is 9.78 Å². The molecule has 2 heterocycles. The highest BCUT2D eigenvalue weighted by Gasteiger charge is 2.15. The summed E-state index contributed by atoms with van der Waals surface area (Å²) in [6.45, 7) is 0.370. The van der Waals surface area contributed by atoms with E-state index in [2.05, 4.69) is 10.3 Å². The quantitative estimate of drug-likeness (QED) is 0.615. The van der Waals surface area contributed by atoms with Gasteiger partial charge >= 0.3 is 5.69 Å². The average Bonchev–Trinajstić information content (AvgIpc) is 3.09. The van der Waals surface area contributed by atoms with E-state index in [1.54, 1.807) is 29.8 Å². The van der Waals surface area contributed by atoms with Crippen LogP contribution in [0, 0.1) is 0 Å². The Morgan fingerprint density at radius 1 is 1.14 bits per heavy atom. The van der Waals surface area contributed by atoms with Crippen LogP contribution in [0.1, 0.15) is 23.2 Å². The summed E-state index contributed by atoms with van der Waals surface area (Å²) in [6.07, 6.45) is 2.08. The summed E-state index contributed by atoms with van der Waals surface area (Å²) in [4.78, 5) is 52.1. The molecule has 0 aliphatic carbocycles. The zero-order valence-electron chi connectivity index (χ0n) is 15.5. The number of para-hydroxylation sites is 1. The summed E-state index contributed by atoms with van der Waals surface area (Å²) in [5, 5.41) is 2.67. The van der Waals surface area contributed by atoms with E-state index >= 15 is 0 Å². The Balaban J connectivity index is 1.71. The van der Waals surface area contributed by atoms with Gasteiger partial charge in [0.05, 0.1) is 17.6 Å². The van der Waals surface area contributed by atoms with Crippen LogP contribution in [0.2, 0.25) is 0 Å². The molecule has 10 heteroatoms. The van der Waals surface area contributed by atoms with E-state index in [4.69, 9.17) is 5.73 Å².